The van der Waals surface area contributed by atoms with Gasteiger partial charge in [-0.1, -0.05) is 11.6 Å². The van der Waals surface area contributed by atoms with Gasteiger partial charge in [-0.05, 0) is 48.5 Å². The monoisotopic (exact) mass is 797 g/mol. The van der Waals surface area contributed by atoms with Crippen LogP contribution >= 0.6 is 35.6 Å². The van der Waals surface area contributed by atoms with Crippen molar-refractivity contribution in [3.8, 4) is 17.0 Å². The van der Waals surface area contributed by atoms with Gasteiger partial charge in [-0.3, -0.25) is 14.4 Å². The predicted octanol–water partition coefficient (Wildman–Crippen LogP) is 4.07. The maximum absolute atomic E-state index is 14.7. The molecule has 0 spiro atoms. The van der Waals surface area contributed by atoms with Gasteiger partial charge in [0, 0.05) is 75.8 Å². The van der Waals surface area contributed by atoms with Gasteiger partial charge < -0.3 is 39.5 Å². The minimum Gasteiger partial charge on any atom is -0.494 e. The van der Waals surface area contributed by atoms with Crippen LogP contribution in [0, 0.1) is 23.5 Å². The number of fused-ring (bicyclic) bond motifs is 1. The lowest BCUT2D eigenvalue weighted by Gasteiger charge is -2.38. The Balaban J connectivity index is 0.00000541. The second-order valence-corrected chi connectivity index (χ2v) is 14.5. The van der Waals surface area contributed by atoms with Gasteiger partial charge in [0.1, 0.15) is 0 Å². The molecule has 3 aromatic rings. The summed E-state index contributed by atoms with van der Waals surface area (Å²) in [7, 11) is 2.73. The fourth-order valence-electron chi connectivity index (χ4n) is 7.84. The number of carbonyl (C=O) groups is 4. The summed E-state index contributed by atoms with van der Waals surface area (Å²) in [5.74, 6) is -2.93. The molecule has 3 aliphatic heterocycles. The van der Waals surface area contributed by atoms with Crippen LogP contribution in [0.4, 0.5) is 19.3 Å². The molecule has 0 bridgehead atoms. The molecule has 13 nitrogen and oxygen atoms in total. The quantitative estimate of drug-likeness (QED) is 0.233. The summed E-state index contributed by atoms with van der Waals surface area (Å²) >= 11 is 12.3. The number of hydrogen-bond acceptors (Lipinski definition) is 7. The average Bonchev–Trinajstić information content (AvgIpc) is 3.79. The summed E-state index contributed by atoms with van der Waals surface area (Å²) in [6, 6.07) is 7.08. The van der Waals surface area contributed by atoms with Gasteiger partial charge in [0.2, 0.25) is 5.82 Å². The summed E-state index contributed by atoms with van der Waals surface area (Å²) < 4.78 is 35.8. The van der Waals surface area contributed by atoms with Crippen LogP contribution in [-0.2, 0) is 11.8 Å². The maximum Gasteiger partial charge on any atom is 0.320 e. The van der Waals surface area contributed by atoms with E-state index in [0.29, 0.717) is 67.8 Å². The highest BCUT2D eigenvalue weighted by Crippen LogP contribution is 2.37. The Morgan fingerprint density at radius 1 is 1.00 bits per heavy atom. The van der Waals surface area contributed by atoms with Crippen molar-refractivity contribution in [1.82, 2.24) is 24.3 Å². The Kier molecular flexibility index (Phi) is 12.5. The fraction of sp³-hybridized carbons (Fsp3) is 0.457. The Morgan fingerprint density at radius 3 is 2.26 bits per heavy atom. The zero-order valence-corrected chi connectivity index (χ0v) is 31.7. The number of anilines is 1. The number of ether oxygens (including phenoxy) is 1. The maximum atomic E-state index is 14.7. The number of hydrogen-bond donors (Lipinski definition) is 2. The molecule has 0 aliphatic carbocycles. The molecular weight excluding hydrogens is 757 g/mol. The molecule has 3 aliphatic rings. The third-order valence-corrected chi connectivity index (χ3v) is 10.8. The molecule has 3 saturated heterocycles. The number of nitrogens with zero attached hydrogens (tertiary/aromatic N) is 6. The third-order valence-electron chi connectivity index (χ3n) is 10.4. The minimum absolute atomic E-state index is 0. The van der Waals surface area contributed by atoms with Crippen LogP contribution in [0.2, 0.25) is 5.02 Å². The predicted molar refractivity (Wildman–Crippen MR) is 197 cm³/mol. The first kappa shape index (κ1) is 40.2. The van der Waals surface area contributed by atoms with Gasteiger partial charge in [-0.15, -0.1) is 12.4 Å². The molecule has 4 heterocycles. The van der Waals surface area contributed by atoms with Gasteiger partial charge >= 0.3 is 6.03 Å². The van der Waals surface area contributed by atoms with Crippen molar-refractivity contribution >= 4 is 64.4 Å². The Bertz CT molecular complexity index is 1880. The number of methoxy groups -OCH3 is 1. The van der Waals surface area contributed by atoms with Crippen molar-refractivity contribution in [3.05, 3.63) is 64.6 Å². The van der Waals surface area contributed by atoms with Crippen LogP contribution in [0.5, 0.6) is 5.75 Å². The fourth-order valence-corrected chi connectivity index (χ4v) is 8.36. The van der Waals surface area contributed by atoms with Crippen LogP contribution < -0.4 is 15.8 Å². The van der Waals surface area contributed by atoms with Gasteiger partial charge in [-0.2, -0.15) is 4.39 Å². The van der Waals surface area contributed by atoms with E-state index in [-0.39, 0.29) is 69.5 Å². The molecule has 4 amide bonds. The van der Waals surface area contributed by atoms with Crippen molar-refractivity contribution in [2.75, 3.05) is 84.4 Å². The van der Waals surface area contributed by atoms with E-state index >= 15 is 0 Å². The Morgan fingerprint density at radius 2 is 1.66 bits per heavy atom. The van der Waals surface area contributed by atoms with E-state index in [1.54, 1.807) is 9.80 Å². The number of urea groups is 1. The normalized spacial score (nSPS) is 20.9. The second-order valence-electron chi connectivity index (χ2n) is 13.7. The molecule has 286 valence electrons. The molecule has 3 N–H and O–H groups in total. The second kappa shape index (κ2) is 16.6. The highest BCUT2D eigenvalue weighted by Gasteiger charge is 2.51. The molecular formula is C35H42Cl3F2N8O5+. The average molecular weight is 799 g/mol. The molecule has 53 heavy (non-hydrogen) atoms. The van der Waals surface area contributed by atoms with Gasteiger partial charge in [0.25, 0.3) is 17.1 Å². The van der Waals surface area contributed by atoms with Crippen molar-refractivity contribution in [2.24, 2.45) is 24.6 Å². The van der Waals surface area contributed by atoms with E-state index in [4.69, 9.17) is 33.7 Å². The molecule has 2 aromatic carbocycles. The number of benzene rings is 2. The van der Waals surface area contributed by atoms with Crippen LogP contribution in [0.25, 0.3) is 11.3 Å². The molecule has 0 saturated carbocycles. The van der Waals surface area contributed by atoms with Gasteiger partial charge in [0.05, 0.1) is 49.2 Å². The molecule has 6 rings (SSSR count). The highest BCUT2D eigenvalue weighted by atomic mass is 35.5. The minimum atomic E-state index is -1.15. The zero-order valence-electron chi connectivity index (χ0n) is 29.3. The molecule has 18 heteroatoms. The number of piperazine rings is 1. The number of amides is 4. The van der Waals surface area contributed by atoms with Crippen molar-refractivity contribution in [2.45, 2.75) is 6.42 Å². The SMILES string of the molecule is COc1ccc(-c2cnc(C(=O)Nc3ccc(C(=O)N4CCN(C(=O)N5C[C@@H]6C[N+](CCCN)(CC(=O)Cl)C[C@@H]6C5)CC4)c(Cl)c3)n2C)c(F)c1F.Cl. The first-order chi connectivity index (χ1) is 24.8. The number of imidazole rings is 1. The van der Waals surface area contributed by atoms with E-state index in [2.05, 4.69) is 10.3 Å². The third kappa shape index (κ3) is 8.24. The molecule has 3 fully saturated rings. The molecule has 0 radical (unpaired) electrons. The Labute approximate surface area is 321 Å². The van der Waals surface area contributed by atoms with Crippen LogP contribution in [0.1, 0.15) is 27.4 Å². The lowest BCUT2D eigenvalue weighted by Crippen LogP contribution is -2.55. The first-order valence-corrected chi connectivity index (χ1v) is 17.8. The van der Waals surface area contributed by atoms with E-state index in [1.807, 2.05) is 4.90 Å². The lowest BCUT2D eigenvalue weighted by atomic mass is 10.0. The van der Waals surface area contributed by atoms with Crippen molar-refractivity contribution < 1.29 is 37.2 Å². The number of likely N-dealkylation sites (tertiary alicyclic amines) is 2. The molecule has 3 atom stereocenters. The molecule has 1 unspecified atom stereocenters. The lowest BCUT2D eigenvalue weighted by molar-refractivity contribution is -0.911. The largest absolute Gasteiger partial charge is 0.494 e. The van der Waals surface area contributed by atoms with Crippen LogP contribution in [-0.4, -0.2) is 131 Å². The van der Waals surface area contributed by atoms with E-state index in [0.717, 1.165) is 26.1 Å². The summed E-state index contributed by atoms with van der Waals surface area (Å²) in [4.78, 5) is 61.2. The number of halogens is 5. The van der Waals surface area contributed by atoms with Crippen molar-refractivity contribution in [1.29, 1.82) is 0 Å². The zero-order chi connectivity index (χ0) is 37.3. The summed E-state index contributed by atoms with van der Waals surface area (Å²) in [6.45, 7) is 5.91. The van der Waals surface area contributed by atoms with Crippen LogP contribution in [0.3, 0.4) is 0 Å². The summed E-state index contributed by atoms with van der Waals surface area (Å²) in [5.41, 5.74) is 6.37. The summed E-state index contributed by atoms with van der Waals surface area (Å²) in [6.07, 6.45) is 2.08. The highest BCUT2D eigenvalue weighted by molar-refractivity contribution is 6.63. The standard InChI is InChI=1S/C35H40Cl2F2N8O5.ClH/c1-43-27(25-6-7-28(52-2)31(39)30(25)38)15-41-32(43)33(49)42-23-4-5-24(26(36)14-23)34(50)44-9-11-45(12-10-44)35(51)46-16-21-18-47(13-3-8-40,20-29(37)48)19-22(21)17-46;/h4-7,14-15,21-22H,3,8-13,16-20,40H2,1-2H3;1H/p+1/t21-,22+,47?;. The first-order valence-electron chi connectivity index (χ1n) is 17.1. The Hall–Kier alpha value is -4.02. The van der Waals surface area contributed by atoms with Gasteiger partial charge in [-0.25, -0.2) is 14.2 Å². The number of carbonyl (C=O) groups excluding carboxylic acids is 4. The van der Waals surface area contributed by atoms with E-state index in [1.165, 1.54) is 55.3 Å². The van der Waals surface area contributed by atoms with E-state index in [9.17, 15) is 28.0 Å². The number of nitrogens with two attached hydrogens (primary N) is 1. The number of aromatic nitrogens is 2. The van der Waals surface area contributed by atoms with Gasteiger partial charge in [0.15, 0.2) is 23.9 Å². The van der Waals surface area contributed by atoms with E-state index < -0.39 is 17.5 Å². The summed E-state index contributed by atoms with van der Waals surface area (Å²) in [5, 5.41) is 2.46. The topological polar surface area (TPSA) is 143 Å². The number of quaternary nitrogens is 1. The van der Waals surface area contributed by atoms with Crippen LogP contribution in [0.15, 0.2) is 36.5 Å². The number of rotatable bonds is 10. The smallest absolute Gasteiger partial charge is 0.320 e. The number of nitrogens with one attached hydrogen (secondary N) is 1. The van der Waals surface area contributed by atoms with Crippen molar-refractivity contribution in [3.63, 3.8) is 0 Å². The molecule has 1 aromatic heterocycles.